The summed E-state index contributed by atoms with van der Waals surface area (Å²) in [5, 5.41) is 7.74. The molecule has 1 aliphatic rings. The largest absolute Gasteiger partial charge is 0.493 e. The summed E-state index contributed by atoms with van der Waals surface area (Å²) in [7, 11) is 0. The first-order valence-electron chi connectivity index (χ1n) is 8.59. The van der Waals surface area contributed by atoms with Crippen molar-refractivity contribution >= 4 is 11.8 Å². The molecule has 0 aliphatic carbocycles. The second-order valence-electron chi connectivity index (χ2n) is 6.21. The van der Waals surface area contributed by atoms with Crippen LogP contribution >= 0.6 is 0 Å². The summed E-state index contributed by atoms with van der Waals surface area (Å²) in [6, 6.07) is 14.9. The maximum absolute atomic E-state index is 12.3. The highest BCUT2D eigenvalue weighted by molar-refractivity contribution is 5.99. The number of nitrogens with zero attached hydrogens (tertiary/aromatic N) is 3. The third-order valence-electron chi connectivity index (χ3n) is 4.28. The molecular formula is C20H17N3O4. The Morgan fingerprint density at radius 3 is 2.85 bits per heavy atom. The number of ketones is 1. The van der Waals surface area contributed by atoms with E-state index < -0.39 is 5.97 Å². The number of fused-ring (bicyclic) bond motifs is 1. The van der Waals surface area contributed by atoms with Crippen LogP contribution < -0.4 is 4.74 Å². The molecule has 0 fully saturated rings. The van der Waals surface area contributed by atoms with Crippen LogP contribution in [0.2, 0.25) is 0 Å². The lowest BCUT2D eigenvalue weighted by Crippen LogP contribution is -2.14. The molecule has 0 saturated carbocycles. The molecule has 0 saturated heterocycles. The van der Waals surface area contributed by atoms with E-state index in [1.165, 1.54) is 6.20 Å². The maximum atomic E-state index is 12.3. The molecule has 4 rings (SSSR count). The minimum atomic E-state index is -0.674. The van der Waals surface area contributed by atoms with Crippen LogP contribution in [0, 0.1) is 0 Å². The highest BCUT2D eigenvalue weighted by Gasteiger charge is 2.18. The summed E-state index contributed by atoms with van der Waals surface area (Å²) in [6.45, 7) is 0.780. The van der Waals surface area contributed by atoms with Crippen molar-refractivity contribution < 1.29 is 19.1 Å². The second kappa shape index (κ2) is 7.41. The van der Waals surface area contributed by atoms with Gasteiger partial charge in [-0.3, -0.25) is 4.79 Å². The van der Waals surface area contributed by atoms with Gasteiger partial charge in [0.1, 0.15) is 5.75 Å². The number of rotatable bonds is 6. The summed E-state index contributed by atoms with van der Waals surface area (Å²) in [5.41, 5.74) is 2.61. The van der Waals surface area contributed by atoms with Crippen molar-refractivity contribution in [3.63, 3.8) is 0 Å². The molecular weight excluding hydrogens is 346 g/mol. The molecule has 2 heterocycles. The first-order chi connectivity index (χ1) is 13.2. The van der Waals surface area contributed by atoms with E-state index in [4.69, 9.17) is 9.47 Å². The molecule has 0 radical (unpaired) electrons. The van der Waals surface area contributed by atoms with Gasteiger partial charge in [-0.2, -0.15) is 0 Å². The Balaban J connectivity index is 1.35. The number of carbonyl (C=O) groups is 2. The summed E-state index contributed by atoms with van der Waals surface area (Å²) in [5.74, 6) is -0.138. The maximum Gasteiger partial charge on any atom is 0.360 e. The zero-order valence-electron chi connectivity index (χ0n) is 14.5. The standard InChI is InChI=1S/C20H17N3O4/c24-18(15-6-7-19-16(10-15)8-9-26-19)13-27-20(25)17-12-23(22-21-17)11-14-4-2-1-3-5-14/h1-7,10,12H,8-9,11,13H2. The summed E-state index contributed by atoms with van der Waals surface area (Å²) < 4.78 is 12.1. The minimum Gasteiger partial charge on any atom is -0.493 e. The zero-order chi connectivity index (χ0) is 18.6. The van der Waals surface area contributed by atoms with Gasteiger partial charge < -0.3 is 9.47 Å². The third kappa shape index (κ3) is 3.87. The number of hydrogen-bond acceptors (Lipinski definition) is 6. The molecule has 0 atom stereocenters. The van der Waals surface area contributed by atoms with Gasteiger partial charge in [-0.05, 0) is 29.3 Å². The van der Waals surface area contributed by atoms with Crippen molar-refractivity contribution in [2.75, 3.05) is 13.2 Å². The number of Topliss-reactive ketones (excluding diaryl/α,β-unsaturated/α-hetero) is 1. The Hall–Kier alpha value is -3.48. The lowest BCUT2D eigenvalue weighted by atomic mass is 10.1. The van der Waals surface area contributed by atoms with Gasteiger partial charge in [0, 0.05) is 12.0 Å². The Kier molecular flexibility index (Phi) is 4.65. The van der Waals surface area contributed by atoms with E-state index in [0.717, 1.165) is 23.3 Å². The number of aromatic nitrogens is 3. The quantitative estimate of drug-likeness (QED) is 0.494. The molecule has 0 bridgehead atoms. The molecule has 0 N–H and O–H groups in total. The van der Waals surface area contributed by atoms with E-state index >= 15 is 0 Å². The van der Waals surface area contributed by atoms with Crippen LogP contribution in [0.15, 0.2) is 54.7 Å². The van der Waals surface area contributed by atoms with E-state index in [0.29, 0.717) is 18.7 Å². The molecule has 1 aliphatic heterocycles. The van der Waals surface area contributed by atoms with Crippen LogP contribution in [0.5, 0.6) is 5.75 Å². The number of esters is 1. The van der Waals surface area contributed by atoms with Crippen LogP contribution in [-0.2, 0) is 17.7 Å². The molecule has 0 spiro atoms. The van der Waals surface area contributed by atoms with Crippen LogP contribution in [-0.4, -0.2) is 40.0 Å². The third-order valence-corrected chi connectivity index (χ3v) is 4.28. The van der Waals surface area contributed by atoms with Crippen molar-refractivity contribution in [3.8, 4) is 5.75 Å². The van der Waals surface area contributed by atoms with E-state index in [9.17, 15) is 9.59 Å². The zero-order valence-corrected chi connectivity index (χ0v) is 14.5. The average Bonchev–Trinajstić information content (AvgIpc) is 3.35. The Morgan fingerprint density at radius 1 is 1.15 bits per heavy atom. The van der Waals surface area contributed by atoms with Crippen molar-refractivity contribution in [2.45, 2.75) is 13.0 Å². The van der Waals surface area contributed by atoms with Crippen LogP contribution in [0.3, 0.4) is 0 Å². The lowest BCUT2D eigenvalue weighted by Gasteiger charge is -2.04. The highest BCUT2D eigenvalue weighted by atomic mass is 16.5. The van der Waals surface area contributed by atoms with Crippen molar-refractivity contribution in [1.82, 2.24) is 15.0 Å². The summed E-state index contributed by atoms with van der Waals surface area (Å²) >= 11 is 0. The Morgan fingerprint density at radius 2 is 2.00 bits per heavy atom. The highest BCUT2D eigenvalue weighted by Crippen LogP contribution is 2.26. The summed E-state index contributed by atoms with van der Waals surface area (Å²) in [6.07, 6.45) is 2.29. The first-order valence-corrected chi connectivity index (χ1v) is 8.59. The average molecular weight is 363 g/mol. The SMILES string of the molecule is O=C(COC(=O)c1cn(Cc2ccccc2)nn1)c1ccc2c(c1)CCO2. The molecule has 1 aromatic heterocycles. The summed E-state index contributed by atoms with van der Waals surface area (Å²) in [4.78, 5) is 24.4. The molecule has 7 nitrogen and oxygen atoms in total. The monoisotopic (exact) mass is 363 g/mol. The topological polar surface area (TPSA) is 83.3 Å². The molecule has 7 heteroatoms. The number of hydrogen-bond donors (Lipinski definition) is 0. The second-order valence-corrected chi connectivity index (χ2v) is 6.21. The van der Waals surface area contributed by atoms with Gasteiger partial charge in [-0.15, -0.1) is 5.10 Å². The fourth-order valence-electron chi connectivity index (χ4n) is 2.89. The van der Waals surface area contributed by atoms with Crippen LogP contribution in [0.4, 0.5) is 0 Å². The Labute approximate surface area is 155 Å². The molecule has 27 heavy (non-hydrogen) atoms. The predicted octanol–water partition coefficient (Wildman–Crippen LogP) is 2.30. The van der Waals surface area contributed by atoms with Gasteiger partial charge >= 0.3 is 5.97 Å². The van der Waals surface area contributed by atoms with Gasteiger partial charge in [0.05, 0.1) is 19.3 Å². The van der Waals surface area contributed by atoms with E-state index in [2.05, 4.69) is 10.3 Å². The van der Waals surface area contributed by atoms with Gasteiger partial charge in [0.2, 0.25) is 0 Å². The number of carbonyl (C=O) groups excluding carboxylic acids is 2. The van der Waals surface area contributed by atoms with Gasteiger partial charge in [0.15, 0.2) is 18.1 Å². The molecule has 0 amide bonds. The predicted molar refractivity (Wildman–Crippen MR) is 95.8 cm³/mol. The van der Waals surface area contributed by atoms with Gasteiger partial charge in [-0.25, -0.2) is 9.48 Å². The number of ether oxygens (including phenoxy) is 2. The van der Waals surface area contributed by atoms with E-state index in [1.54, 1.807) is 22.9 Å². The van der Waals surface area contributed by atoms with E-state index in [1.807, 2.05) is 30.3 Å². The van der Waals surface area contributed by atoms with Gasteiger partial charge in [0.25, 0.3) is 0 Å². The molecule has 136 valence electrons. The van der Waals surface area contributed by atoms with Crippen molar-refractivity contribution in [2.24, 2.45) is 0 Å². The smallest absolute Gasteiger partial charge is 0.360 e. The normalized spacial score (nSPS) is 12.3. The van der Waals surface area contributed by atoms with Gasteiger partial charge in [-0.1, -0.05) is 35.5 Å². The first kappa shape index (κ1) is 17.0. The fraction of sp³-hybridized carbons (Fsp3) is 0.200. The van der Waals surface area contributed by atoms with E-state index in [-0.39, 0.29) is 18.1 Å². The molecule has 3 aromatic rings. The van der Waals surface area contributed by atoms with Crippen LogP contribution in [0.1, 0.15) is 32.0 Å². The molecule has 0 unspecified atom stereocenters. The van der Waals surface area contributed by atoms with Crippen molar-refractivity contribution in [1.29, 1.82) is 0 Å². The minimum absolute atomic E-state index is 0.0704. The van der Waals surface area contributed by atoms with Crippen molar-refractivity contribution in [3.05, 3.63) is 77.1 Å². The lowest BCUT2D eigenvalue weighted by molar-refractivity contribution is 0.0468. The molecule has 2 aromatic carbocycles. The van der Waals surface area contributed by atoms with Crippen LogP contribution in [0.25, 0.3) is 0 Å². The number of benzene rings is 2. The fourth-order valence-corrected chi connectivity index (χ4v) is 2.89. The Bertz CT molecular complexity index is 982.